The van der Waals surface area contributed by atoms with Crippen LogP contribution in [0.25, 0.3) is 16.9 Å². The molecule has 0 atom stereocenters. The van der Waals surface area contributed by atoms with E-state index in [1.165, 1.54) is 0 Å². The third kappa shape index (κ3) is 4.84. The van der Waals surface area contributed by atoms with Crippen molar-refractivity contribution in [3.63, 3.8) is 0 Å². The van der Waals surface area contributed by atoms with E-state index >= 15 is 0 Å². The molecule has 8 nitrogen and oxygen atoms in total. The van der Waals surface area contributed by atoms with E-state index in [1.807, 2.05) is 32.0 Å². The van der Waals surface area contributed by atoms with E-state index in [9.17, 15) is 9.59 Å². The Labute approximate surface area is 197 Å². The molecule has 0 saturated carbocycles. The highest BCUT2D eigenvalue weighted by molar-refractivity contribution is 7.97. The second-order valence-electron chi connectivity index (χ2n) is 8.28. The zero-order valence-electron chi connectivity index (χ0n) is 19.7. The maximum Gasteiger partial charge on any atom is 0.277 e. The van der Waals surface area contributed by atoms with Gasteiger partial charge in [-0.3, -0.25) is 9.59 Å². The second kappa shape index (κ2) is 10.1. The molecule has 9 heteroatoms. The number of rotatable bonds is 8. The lowest BCUT2D eigenvalue weighted by atomic mass is 10.0. The van der Waals surface area contributed by atoms with Gasteiger partial charge in [-0.05, 0) is 56.8 Å². The lowest BCUT2D eigenvalue weighted by molar-refractivity contribution is -0.120. The first-order valence-corrected chi connectivity index (χ1v) is 12.4. The number of ether oxygens (including phenoxy) is 1. The maximum absolute atomic E-state index is 13.1. The van der Waals surface area contributed by atoms with Gasteiger partial charge in [0.05, 0.1) is 17.9 Å². The van der Waals surface area contributed by atoms with Gasteiger partial charge in [0.1, 0.15) is 17.4 Å². The molecule has 1 fully saturated rings. The molecule has 0 unspecified atom stereocenters. The fourth-order valence-electron chi connectivity index (χ4n) is 4.24. The van der Waals surface area contributed by atoms with Gasteiger partial charge in [0.2, 0.25) is 0 Å². The number of hydrogen-bond donors (Lipinski definition) is 1. The Kier molecular flexibility index (Phi) is 7.19. The number of aryl methyl sites for hydroxylation is 1. The molecule has 1 aliphatic heterocycles. The number of fused-ring (bicyclic) bond motifs is 1. The van der Waals surface area contributed by atoms with Crippen LogP contribution in [-0.2, 0) is 4.79 Å². The van der Waals surface area contributed by atoms with Crippen molar-refractivity contribution in [3.8, 4) is 17.1 Å². The first kappa shape index (κ1) is 23.5. The summed E-state index contributed by atoms with van der Waals surface area (Å²) < 4.78 is 9.79. The summed E-state index contributed by atoms with van der Waals surface area (Å²) in [7, 11) is 0. The van der Waals surface area contributed by atoms with Crippen LogP contribution in [-0.4, -0.2) is 49.4 Å². The number of imidazole rings is 1. The Bertz CT molecular complexity index is 1200. The molecule has 0 spiro atoms. The summed E-state index contributed by atoms with van der Waals surface area (Å²) in [5, 5.41) is 4.84. The number of aromatic amines is 1. The quantitative estimate of drug-likeness (QED) is 0.490. The van der Waals surface area contributed by atoms with Crippen molar-refractivity contribution in [1.29, 1.82) is 0 Å². The molecule has 3 aromatic rings. The fraction of sp³-hybridized carbons (Fsp3) is 0.500. The Balaban J connectivity index is 1.79. The Morgan fingerprint density at radius 2 is 1.88 bits per heavy atom. The van der Waals surface area contributed by atoms with E-state index in [-0.39, 0.29) is 11.5 Å². The summed E-state index contributed by atoms with van der Waals surface area (Å²) in [4.78, 5) is 33.3. The van der Waals surface area contributed by atoms with Crippen molar-refractivity contribution in [3.05, 3.63) is 40.1 Å². The minimum absolute atomic E-state index is 0.211. The summed E-state index contributed by atoms with van der Waals surface area (Å²) in [6.45, 7) is 10.0. The number of aromatic nitrogens is 4. The number of Topliss-reactive ketones (excluding diaryl/α,β-unsaturated/α-hetero) is 1. The number of piperidine rings is 1. The summed E-state index contributed by atoms with van der Waals surface area (Å²) in [5.74, 6) is 2.49. The van der Waals surface area contributed by atoms with Gasteiger partial charge < -0.3 is 9.72 Å². The van der Waals surface area contributed by atoms with E-state index in [1.54, 1.807) is 16.5 Å². The number of hydrogen-bond acceptors (Lipinski definition) is 7. The molecule has 0 bridgehead atoms. The van der Waals surface area contributed by atoms with Crippen molar-refractivity contribution in [2.45, 2.75) is 64.2 Å². The molecule has 0 amide bonds. The molecular weight excluding hydrogens is 438 g/mol. The van der Waals surface area contributed by atoms with Crippen LogP contribution >= 0.6 is 11.9 Å². The van der Waals surface area contributed by atoms with Gasteiger partial charge in [0.15, 0.2) is 11.3 Å². The Morgan fingerprint density at radius 1 is 1.15 bits per heavy atom. The average molecular weight is 470 g/mol. The van der Waals surface area contributed by atoms with E-state index in [4.69, 9.17) is 14.8 Å². The minimum Gasteiger partial charge on any atom is -0.493 e. The largest absolute Gasteiger partial charge is 0.493 e. The maximum atomic E-state index is 13.1. The van der Waals surface area contributed by atoms with Crippen LogP contribution in [0.15, 0.2) is 27.9 Å². The minimum atomic E-state index is -0.211. The molecule has 3 heterocycles. The Hall–Kier alpha value is -2.65. The topological polar surface area (TPSA) is 92.6 Å². The predicted octanol–water partition coefficient (Wildman–Crippen LogP) is 4.37. The van der Waals surface area contributed by atoms with Crippen LogP contribution in [0.2, 0.25) is 0 Å². The molecule has 2 aromatic heterocycles. The molecule has 1 aliphatic rings. The van der Waals surface area contributed by atoms with E-state index in [0.717, 1.165) is 42.2 Å². The highest BCUT2D eigenvalue weighted by Gasteiger charge is 2.22. The lowest BCUT2D eigenvalue weighted by Gasteiger charge is -2.24. The number of ketones is 1. The standard InChI is InChI=1S/C24H31N5O3S/c1-5-16(6-2)23-25-15(4)21-24(31)26-22(27-29(21)23)19-14-18(8-9-20(19)32-7-3)33-28-12-10-17(30)11-13-28/h8-9,14,16H,5-7,10-13H2,1-4H3,(H,26,27,31). The van der Waals surface area contributed by atoms with E-state index < -0.39 is 0 Å². The molecular formula is C24H31N5O3S. The predicted molar refractivity (Wildman–Crippen MR) is 130 cm³/mol. The van der Waals surface area contributed by atoms with Crippen LogP contribution in [0.5, 0.6) is 5.75 Å². The van der Waals surface area contributed by atoms with Gasteiger partial charge in [-0.1, -0.05) is 13.8 Å². The fourth-order valence-corrected chi connectivity index (χ4v) is 5.20. The number of H-pyrrole nitrogens is 1. The van der Waals surface area contributed by atoms with E-state index in [0.29, 0.717) is 48.0 Å². The smallest absolute Gasteiger partial charge is 0.277 e. The van der Waals surface area contributed by atoms with Gasteiger partial charge in [-0.25, -0.2) is 13.8 Å². The van der Waals surface area contributed by atoms with Gasteiger partial charge in [0, 0.05) is 36.7 Å². The molecule has 4 rings (SSSR count). The third-order valence-electron chi connectivity index (χ3n) is 6.07. The number of carbonyl (C=O) groups is 1. The summed E-state index contributed by atoms with van der Waals surface area (Å²) in [5.41, 5.74) is 1.70. The number of carbonyl (C=O) groups excluding carboxylic acids is 1. The number of benzene rings is 1. The first-order valence-electron chi connectivity index (χ1n) is 11.7. The second-order valence-corrected chi connectivity index (χ2v) is 9.45. The average Bonchev–Trinajstić information content (AvgIpc) is 3.14. The van der Waals surface area contributed by atoms with Crippen LogP contribution in [0.4, 0.5) is 0 Å². The molecule has 33 heavy (non-hydrogen) atoms. The van der Waals surface area contributed by atoms with Crippen LogP contribution in [0.3, 0.4) is 0 Å². The van der Waals surface area contributed by atoms with Crippen LogP contribution in [0, 0.1) is 6.92 Å². The van der Waals surface area contributed by atoms with Gasteiger partial charge in [0.25, 0.3) is 5.56 Å². The number of nitrogens with zero attached hydrogens (tertiary/aromatic N) is 4. The molecule has 1 N–H and O–H groups in total. The third-order valence-corrected chi connectivity index (χ3v) is 7.16. The summed E-state index contributed by atoms with van der Waals surface area (Å²) in [6, 6.07) is 5.92. The SMILES string of the molecule is CCOc1ccc(SN2CCC(=O)CC2)cc1-c1nn2c(C(CC)CC)nc(C)c2c(=O)[nH]1. The lowest BCUT2D eigenvalue weighted by Crippen LogP contribution is -2.28. The molecule has 0 aliphatic carbocycles. The monoisotopic (exact) mass is 469 g/mol. The molecule has 1 aromatic carbocycles. The zero-order valence-corrected chi connectivity index (χ0v) is 20.5. The van der Waals surface area contributed by atoms with Crippen molar-refractivity contribution in [2.24, 2.45) is 0 Å². The van der Waals surface area contributed by atoms with Crippen LogP contribution < -0.4 is 10.3 Å². The van der Waals surface area contributed by atoms with Gasteiger partial charge >= 0.3 is 0 Å². The summed E-state index contributed by atoms with van der Waals surface area (Å²) in [6.07, 6.45) is 3.02. The van der Waals surface area contributed by atoms with Gasteiger partial charge in [-0.2, -0.15) is 0 Å². The number of nitrogens with one attached hydrogen (secondary N) is 1. The summed E-state index contributed by atoms with van der Waals surface area (Å²) >= 11 is 1.62. The Morgan fingerprint density at radius 3 is 2.55 bits per heavy atom. The normalized spacial score (nSPS) is 15.0. The van der Waals surface area contributed by atoms with Crippen molar-refractivity contribution in [2.75, 3.05) is 19.7 Å². The van der Waals surface area contributed by atoms with Crippen molar-refractivity contribution < 1.29 is 9.53 Å². The van der Waals surface area contributed by atoms with E-state index in [2.05, 4.69) is 23.1 Å². The van der Waals surface area contributed by atoms with Crippen molar-refractivity contribution in [1.82, 2.24) is 23.9 Å². The molecule has 176 valence electrons. The first-order chi connectivity index (χ1) is 15.9. The van der Waals surface area contributed by atoms with Crippen molar-refractivity contribution >= 4 is 23.2 Å². The van der Waals surface area contributed by atoms with Gasteiger partial charge in [-0.15, -0.1) is 5.10 Å². The highest BCUT2D eigenvalue weighted by Crippen LogP contribution is 2.34. The molecule has 1 saturated heterocycles. The zero-order chi connectivity index (χ0) is 23.5. The molecule has 0 radical (unpaired) electrons. The highest BCUT2D eigenvalue weighted by atomic mass is 32.2. The van der Waals surface area contributed by atoms with Crippen LogP contribution in [0.1, 0.15) is 63.9 Å².